The van der Waals surface area contributed by atoms with Crippen LogP contribution in [0.1, 0.15) is 5.56 Å². The SMILES string of the molecule is NC(=Cc1ccsc1)C(=O)NCCOCCO. The first-order valence-corrected chi connectivity index (χ1v) is 6.14. The molecular formula is C11H16N2O3S. The van der Waals surface area contributed by atoms with Gasteiger partial charge in [-0.05, 0) is 28.5 Å². The Balaban J connectivity index is 2.27. The van der Waals surface area contributed by atoms with Crippen molar-refractivity contribution < 1.29 is 14.6 Å². The fraction of sp³-hybridized carbons (Fsp3) is 0.364. The van der Waals surface area contributed by atoms with Crippen molar-refractivity contribution >= 4 is 23.3 Å². The predicted octanol–water partition coefficient (Wildman–Crippen LogP) is 0.173. The zero-order valence-electron chi connectivity index (χ0n) is 9.39. The number of amides is 1. The molecule has 1 amide bonds. The van der Waals surface area contributed by atoms with Crippen molar-refractivity contribution in [3.05, 3.63) is 28.1 Å². The molecule has 1 aromatic heterocycles. The second-order valence-corrected chi connectivity index (χ2v) is 4.03. The molecule has 6 heteroatoms. The van der Waals surface area contributed by atoms with E-state index in [0.717, 1.165) is 5.56 Å². The molecule has 0 atom stereocenters. The maximum absolute atomic E-state index is 11.5. The standard InChI is InChI=1S/C11H16N2O3S/c12-10(7-9-1-6-17-8-9)11(15)13-2-4-16-5-3-14/h1,6-8,14H,2-5,12H2,(H,13,15). The first kappa shape index (κ1) is 13.7. The lowest BCUT2D eigenvalue weighted by atomic mass is 10.2. The molecule has 1 aromatic rings. The van der Waals surface area contributed by atoms with Crippen LogP contribution in [-0.2, 0) is 9.53 Å². The summed E-state index contributed by atoms with van der Waals surface area (Å²) in [5.74, 6) is -0.316. The number of nitrogens with one attached hydrogen (secondary N) is 1. The van der Waals surface area contributed by atoms with E-state index in [0.29, 0.717) is 13.2 Å². The molecule has 0 aliphatic heterocycles. The van der Waals surface area contributed by atoms with Gasteiger partial charge in [0.25, 0.3) is 5.91 Å². The molecule has 0 aromatic carbocycles. The van der Waals surface area contributed by atoms with Gasteiger partial charge in [0.1, 0.15) is 0 Å². The van der Waals surface area contributed by atoms with Crippen LogP contribution in [0.4, 0.5) is 0 Å². The van der Waals surface area contributed by atoms with Gasteiger partial charge in [0, 0.05) is 6.54 Å². The van der Waals surface area contributed by atoms with Crippen molar-refractivity contribution in [3.63, 3.8) is 0 Å². The van der Waals surface area contributed by atoms with E-state index in [1.165, 1.54) is 0 Å². The maximum Gasteiger partial charge on any atom is 0.267 e. The number of ether oxygens (including phenoxy) is 1. The molecule has 0 bridgehead atoms. The molecule has 0 spiro atoms. The highest BCUT2D eigenvalue weighted by atomic mass is 32.1. The number of carbonyl (C=O) groups excluding carboxylic acids is 1. The molecular weight excluding hydrogens is 240 g/mol. The Morgan fingerprint density at radius 2 is 2.41 bits per heavy atom. The van der Waals surface area contributed by atoms with E-state index < -0.39 is 0 Å². The molecule has 0 unspecified atom stereocenters. The summed E-state index contributed by atoms with van der Waals surface area (Å²) in [7, 11) is 0. The number of thiophene rings is 1. The summed E-state index contributed by atoms with van der Waals surface area (Å²) in [5.41, 5.74) is 6.71. The minimum atomic E-state index is -0.316. The first-order valence-electron chi connectivity index (χ1n) is 5.20. The predicted molar refractivity (Wildman–Crippen MR) is 67.4 cm³/mol. The molecule has 0 radical (unpaired) electrons. The summed E-state index contributed by atoms with van der Waals surface area (Å²) in [5, 5.41) is 14.9. The number of nitrogens with two attached hydrogens (primary N) is 1. The lowest BCUT2D eigenvalue weighted by molar-refractivity contribution is -0.117. The van der Waals surface area contributed by atoms with Crippen molar-refractivity contribution in [1.29, 1.82) is 0 Å². The summed E-state index contributed by atoms with van der Waals surface area (Å²) in [6, 6.07) is 1.88. The topological polar surface area (TPSA) is 84.6 Å². The van der Waals surface area contributed by atoms with Gasteiger partial charge in [-0.1, -0.05) is 0 Å². The van der Waals surface area contributed by atoms with Gasteiger partial charge >= 0.3 is 0 Å². The number of hydrogen-bond donors (Lipinski definition) is 3. The van der Waals surface area contributed by atoms with Crippen LogP contribution in [-0.4, -0.2) is 37.4 Å². The largest absolute Gasteiger partial charge is 0.394 e. The Morgan fingerprint density at radius 1 is 1.59 bits per heavy atom. The molecule has 5 nitrogen and oxygen atoms in total. The van der Waals surface area contributed by atoms with E-state index in [4.69, 9.17) is 15.6 Å². The number of aliphatic hydroxyl groups is 1. The van der Waals surface area contributed by atoms with Crippen LogP contribution >= 0.6 is 11.3 Å². The molecule has 1 heterocycles. The summed E-state index contributed by atoms with van der Waals surface area (Å²) >= 11 is 1.54. The summed E-state index contributed by atoms with van der Waals surface area (Å²) in [4.78, 5) is 11.5. The van der Waals surface area contributed by atoms with E-state index >= 15 is 0 Å². The van der Waals surface area contributed by atoms with Crippen molar-refractivity contribution in [2.24, 2.45) is 5.73 Å². The number of carbonyl (C=O) groups is 1. The van der Waals surface area contributed by atoms with Gasteiger partial charge in [0.2, 0.25) is 0 Å². The van der Waals surface area contributed by atoms with Gasteiger partial charge in [-0.2, -0.15) is 11.3 Å². The molecule has 4 N–H and O–H groups in total. The van der Waals surface area contributed by atoms with Crippen LogP contribution in [0.15, 0.2) is 22.5 Å². The van der Waals surface area contributed by atoms with E-state index in [2.05, 4.69) is 5.32 Å². The van der Waals surface area contributed by atoms with Crippen LogP contribution < -0.4 is 11.1 Å². The lowest BCUT2D eigenvalue weighted by Crippen LogP contribution is -2.31. The van der Waals surface area contributed by atoms with E-state index in [1.807, 2.05) is 16.8 Å². The molecule has 17 heavy (non-hydrogen) atoms. The van der Waals surface area contributed by atoms with E-state index in [1.54, 1.807) is 17.4 Å². The Kier molecular flexibility index (Phi) is 6.31. The van der Waals surface area contributed by atoms with Gasteiger partial charge in [-0.3, -0.25) is 4.79 Å². The monoisotopic (exact) mass is 256 g/mol. The van der Waals surface area contributed by atoms with Gasteiger partial charge in [-0.25, -0.2) is 0 Å². The second kappa shape index (κ2) is 7.83. The molecule has 0 aliphatic carbocycles. The fourth-order valence-corrected chi connectivity index (χ4v) is 1.73. The highest BCUT2D eigenvalue weighted by molar-refractivity contribution is 7.08. The van der Waals surface area contributed by atoms with Gasteiger partial charge in [-0.15, -0.1) is 0 Å². The Morgan fingerprint density at radius 3 is 3.06 bits per heavy atom. The van der Waals surface area contributed by atoms with Crippen LogP contribution in [0.5, 0.6) is 0 Å². The third-order valence-electron chi connectivity index (χ3n) is 1.90. The molecule has 0 aliphatic rings. The minimum absolute atomic E-state index is 0.0197. The Bertz CT molecular complexity index is 363. The molecule has 94 valence electrons. The molecule has 1 rings (SSSR count). The highest BCUT2D eigenvalue weighted by Crippen LogP contribution is 2.08. The molecule has 0 saturated carbocycles. The smallest absolute Gasteiger partial charge is 0.267 e. The fourth-order valence-electron chi connectivity index (χ4n) is 1.11. The normalized spacial score (nSPS) is 11.5. The number of rotatable bonds is 7. The average Bonchev–Trinajstić information content (AvgIpc) is 2.81. The maximum atomic E-state index is 11.5. The van der Waals surface area contributed by atoms with Crippen molar-refractivity contribution in [1.82, 2.24) is 5.32 Å². The Labute approximate surface area is 104 Å². The number of hydrogen-bond acceptors (Lipinski definition) is 5. The summed E-state index contributed by atoms with van der Waals surface area (Å²) in [6.45, 7) is 0.985. The van der Waals surface area contributed by atoms with Gasteiger partial charge in [0.05, 0.1) is 25.5 Å². The summed E-state index contributed by atoms with van der Waals surface area (Å²) in [6.07, 6.45) is 1.63. The van der Waals surface area contributed by atoms with Crippen molar-refractivity contribution in [2.45, 2.75) is 0 Å². The van der Waals surface area contributed by atoms with Crippen LogP contribution in [0.2, 0.25) is 0 Å². The van der Waals surface area contributed by atoms with Gasteiger partial charge in [0.15, 0.2) is 0 Å². The number of aliphatic hydroxyl groups excluding tert-OH is 1. The third-order valence-corrected chi connectivity index (χ3v) is 2.60. The Hall–Kier alpha value is -1.37. The molecule has 0 fully saturated rings. The van der Waals surface area contributed by atoms with E-state index in [9.17, 15) is 4.79 Å². The van der Waals surface area contributed by atoms with Crippen LogP contribution in [0, 0.1) is 0 Å². The zero-order valence-corrected chi connectivity index (χ0v) is 10.2. The first-order chi connectivity index (χ1) is 8.24. The molecule has 0 saturated heterocycles. The summed E-state index contributed by atoms with van der Waals surface area (Å²) < 4.78 is 5.00. The van der Waals surface area contributed by atoms with Crippen molar-refractivity contribution in [2.75, 3.05) is 26.4 Å². The second-order valence-electron chi connectivity index (χ2n) is 3.25. The lowest BCUT2D eigenvalue weighted by Gasteiger charge is -2.05. The van der Waals surface area contributed by atoms with E-state index in [-0.39, 0.29) is 24.8 Å². The van der Waals surface area contributed by atoms with Crippen molar-refractivity contribution in [3.8, 4) is 0 Å². The van der Waals surface area contributed by atoms with Gasteiger partial charge < -0.3 is 20.9 Å². The average molecular weight is 256 g/mol. The quantitative estimate of drug-likeness (QED) is 0.480. The highest BCUT2D eigenvalue weighted by Gasteiger charge is 2.04. The third kappa shape index (κ3) is 5.48. The van der Waals surface area contributed by atoms with Crippen LogP contribution in [0.25, 0.3) is 6.08 Å². The van der Waals surface area contributed by atoms with Crippen LogP contribution in [0.3, 0.4) is 0 Å². The zero-order chi connectivity index (χ0) is 12.5. The minimum Gasteiger partial charge on any atom is -0.394 e.